The molecule has 0 radical (unpaired) electrons. The molecule has 3 rings (SSSR count). The van der Waals surface area contributed by atoms with Crippen LogP contribution in [0.3, 0.4) is 0 Å². The molecule has 3 heterocycles. The molecule has 1 saturated heterocycles. The SMILES string of the molecule is Cn1cccc1[C@H]1CCCCN1C(=O)C(=O)Nc1cccn(C)c1=O. The van der Waals surface area contributed by atoms with Crippen LogP contribution in [-0.2, 0) is 23.7 Å². The third-order valence-electron chi connectivity index (χ3n) is 4.65. The second kappa shape index (κ2) is 6.96. The predicted octanol–water partition coefficient (Wildman–Crippen LogP) is 1.42. The van der Waals surface area contributed by atoms with Crippen LogP contribution in [0.2, 0.25) is 0 Å². The Morgan fingerprint density at radius 3 is 2.52 bits per heavy atom. The van der Waals surface area contributed by atoms with Gasteiger partial charge in [0.05, 0.1) is 6.04 Å². The Bertz CT molecular complexity index is 852. The quantitative estimate of drug-likeness (QED) is 0.839. The predicted molar refractivity (Wildman–Crippen MR) is 94.0 cm³/mol. The summed E-state index contributed by atoms with van der Waals surface area (Å²) < 4.78 is 3.33. The van der Waals surface area contributed by atoms with Gasteiger partial charge in [0.25, 0.3) is 5.56 Å². The molecule has 0 spiro atoms. The minimum atomic E-state index is -0.774. The second-order valence-electron chi connectivity index (χ2n) is 6.35. The van der Waals surface area contributed by atoms with Gasteiger partial charge in [-0.3, -0.25) is 14.4 Å². The molecule has 7 nitrogen and oxygen atoms in total. The van der Waals surface area contributed by atoms with Crippen LogP contribution in [0.15, 0.2) is 41.5 Å². The van der Waals surface area contributed by atoms with Crippen LogP contribution in [-0.4, -0.2) is 32.4 Å². The molecular weight excluding hydrogens is 320 g/mol. The lowest BCUT2D eigenvalue weighted by atomic mass is 9.99. The van der Waals surface area contributed by atoms with Gasteiger partial charge in [-0.2, -0.15) is 0 Å². The van der Waals surface area contributed by atoms with Gasteiger partial charge in [0, 0.05) is 38.7 Å². The number of likely N-dealkylation sites (tertiary alicyclic amines) is 1. The molecule has 0 saturated carbocycles. The number of pyridine rings is 1. The monoisotopic (exact) mass is 342 g/mol. The molecule has 25 heavy (non-hydrogen) atoms. The molecule has 2 aromatic heterocycles. The number of hydrogen-bond donors (Lipinski definition) is 1. The van der Waals surface area contributed by atoms with Crippen molar-refractivity contribution < 1.29 is 9.59 Å². The first-order valence-electron chi connectivity index (χ1n) is 8.38. The van der Waals surface area contributed by atoms with E-state index in [-0.39, 0.29) is 17.3 Å². The van der Waals surface area contributed by atoms with Crippen molar-refractivity contribution >= 4 is 17.5 Å². The maximum Gasteiger partial charge on any atom is 0.314 e. The smallest absolute Gasteiger partial charge is 0.314 e. The van der Waals surface area contributed by atoms with Crippen molar-refractivity contribution in [2.75, 3.05) is 11.9 Å². The van der Waals surface area contributed by atoms with Gasteiger partial charge in [-0.05, 0) is 43.5 Å². The molecule has 0 unspecified atom stereocenters. The maximum absolute atomic E-state index is 12.7. The van der Waals surface area contributed by atoms with E-state index in [1.807, 2.05) is 29.9 Å². The molecule has 1 atom stereocenters. The summed E-state index contributed by atoms with van der Waals surface area (Å²) in [6, 6.07) is 6.93. The number of carbonyl (C=O) groups excluding carboxylic acids is 2. The highest BCUT2D eigenvalue weighted by molar-refractivity contribution is 6.39. The van der Waals surface area contributed by atoms with Gasteiger partial charge in [0.15, 0.2) is 0 Å². The lowest BCUT2D eigenvalue weighted by Crippen LogP contribution is -2.45. The number of piperidine rings is 1. The number of amides is 2. The molecular formula is C18H22N4O3. The molecule has 0 aliphatic carbocycles. The van der Waals surface area contributed by atoms with E-state index >= 15 is 0 Å². The van der Waals surface area contributed by atoms with E-state index in [0.29, 0.717) is 6.54 Å². The van der Waals surface area contributed by atoms with Crippen molar-refractivity contribution in [3.8, 4) is 0 Å². The highest BCUT2D eigenvalue weighted by Gasteiger charge is 2.33. The number of nitrogens with zero attached hydrogens (tertiary/aromatic N) is 3. The Morgan fingerprint density at radius 2 is 1.80 bits per heavy atom. The zero-order valence-corrected chi connectivity index (χ0v) is 14.4. The molecule has 1 aliphatic heterocycles. The van der Waals surface area contributed by atoms with Crippen molar-refractivity contribution in [1.29, 1.82) is 0 Å². The number of carbonyl (C=O) groups is 2. The number of rotatable bonds is 2. The zero-order valence-electron chi connectivity index (χ0n) is 14.4. The average molecular weight is 342 g/mol. The highest BCUT2D eigenvalue weighted by Crippen LogP contribution is 2.31. The Kier molecular flexibility index (Phi) is 4.74. The second-order valence-corrected chi connectivity index (χ2v) is 6.35. The van der Waals surface area contributed by atoms with Gasteiger partial charge in [0.2, 0.25) is 0 Å². The normalized spacial score (nSPS) is 17.4. The van der Waals surface area contributed by atoms with Crippen molar-refractivity contribution in [3.63, 3.8) is 0 Å². The van der Waals surface area contributed by atoms with Crippen LogP contribution < -0.4 is 10.9 Å². The summed E-state index contributed by atoms with van der Waals surface area (Å²) in [6.07, 6.45) is 6.23. The summed E-state index contributed by atoms with van der Waals surface area (Å²) >= 11 is 0. The third-order valence-corrected chi connectivity index (χ3v) is 4.65. The van der Waals surface area contributed by atoms with Crippen LogP contribution in [0.25, 0.3) is 0 Å². The number of nitrogens with one attached hydrogen (secondary N) is 1. The fourth-order valence-corrected chi connectivity index (χ4v) is 3.30. The highest BCUT2D eigenvalue weighted by atomic mass is 16.2. The lowest BCUT2D eigenvalue weighted by Gasteiger charge is -2.35. The van der Waals surface area contributed by atoms with E-state index < -0.39 is 11.8 Å². The average Bonchev–Trinajstić information content (AvgIpc) is 3.04. The van der Waals surface area contributed by atoms with E-state index in [2.05, 4.69) is 5.32 Å². The number of aromatic nitrogens is 2. The number of aryl methyl sites for hydroxylation is 2. The largest absolute Gasteiger partial charge is 0.353 e. The molecule has 1 N–H and O–H groups in total. The maximum atomic E-state index is 12.7. The van der Waals surface area contributed by atoms with Crippen LogP contribution in [0, 0.1) is 0 Å². The van der Waals surface area contributed by atoms with E-state index in [1.165, 1.54) is 10.6 Å². The standard InChI is InChI=1S/C18H22N4O3/c1-20-10-6-9-14(20)15-8-3-4-12-22(15)18(25)16(23)19-13-7-5-11-21(2)17(13)24/h5-7,9-11,15H,3-4,8,12H2,1-2H3,(H,19,23)/t15-/m1/s1. The van der Waals surface area contributed by atoms with E-state index in [9.17, 15) is 14.4 Å². The van der Waals surface area contributed by atoms with Crippen molar-refractivity contribution in [1.82, 2.24) is 14.0 Å². The van der Waals surface area contributed by atoms with Crippen LogP contribution in [0.4, 0.5) is 5.69 Å². The fraction of sp³-hybridized carbons (Fsp3) is 0.389. The Balaban J connectivity index is 1.80. The van der Waals surface area contributed by atoms with Gasteiger partial charge in [0.1, 0.15) is 5.69 Å². The molecule has 0 aromatic carbocycles. The molecule has 2 aromatic rings. The van der Waals surface area contributed by atoms with E-state index in [4.69, 9.17) is 0 Å². The van der Waals surface area contributed by atoms with Crippen LogP contribution in [0.5, 0.6) is 0 Å². The summed E-state index contributed by atoms with van der Waals surface area (Å²) in [5.41, 5.74) is 0.772. The third kappa shape index (κ3) is 3.35. The molecule has 1 fully saturated rings. The van der Waals surface area contributed by atoms with Gasteiger partial charge < -0.3 is 19.4 Å². The Labute approximate surface area is 145 Å². The van der Waals surface area contributed by atoms with Crippen LogP contribution in [0.1, 0.15) is 31.0 Å². The number of hydrogen-bond acceptors (Lipinski definition) is 3. The molecule has 2 amide bonds. The van der Waals surface area contributed by atoms with Crippen molar-refractivity contribution in [3.05, 3.63) is 52.7 Å². The summed E-state index contributed by atoms with van der Waals surface area (Å²) in [4.78, 5) is 38.8. The Morgan fingerprint density at radius 1 is 1.08 bits per heavy atom. The van der Waals surface area contributed by atoms with Gasteiger partial charge in [-0.1, -0.05) is 0 Å². The fourth-order valence-electron chi connectivity index (χ4n) is 3.30. The van der Waals surface area contributed by atoms with Crippen molar-refractivity contribution in [2.24, 2.45) is 14.1 Å². The summed E-state index contributed by atoms with van der Waals surface area (Å²) in [5, 5.41) is 2.46. The minimum absolute atomic E-state index is 0.107. The molecule has 7 heteroatoms. The Hall–Kier alpha value is -2.83. The lowest BCUT2D eigenvalue weighted by molar-refractivity contribution is -0.146. The zero-order chi connectivity index (χ0) is 18.0. The molecule has 132 valence electrons. The van der Waals surface area contributed by atoms with E-state index in [0.717, 1.165) is 25.0 Å². The van der Waals surface area contributed by atoms with Gasteiger partial charge >= 0.3 is 11.8 Å². The molecule has 1 aliphatic rings. The summed E-state index contributed by atoms with van der Waals surface area (Å²) in [5.74, 6) is -1.37. The topological polar surface area (TPSA) is 76.3 Å². The molecule has 0 bridgehead atoms. The van der Waals surface area contributed by atoms with Gasteiger partial charge in [-0.15, -0.1) is 0 Å². The number of anilines is 1. The van der Waals surface area contributed by atoms with Gasteiger partial charge in [-0.25, -0.2) is 0 Å². The first-order valence-corrected chi connectivity index (χ1v) is 8.38. The summed E-state index contributed by atoms with van der Waals surface area (Å²) in [7, 11) is 3.52. The van der Waals surface area contributed by atoms with E-state index in [1.54, 1.807) is 24.2 Å². The minimum Gasteiger partial charge on any atom is -0.353 e. The first kappa shape index (κ1) is 17.0. The summed E-state index contributed by atoms with van der Waals surface area (Å²) in [6.45, 7) is 0.537. The first-order chi connectivity index (χ1) is 12.0. The van der Waals surface area contributed by atoms with Crippen LogP contribution >= 0.6 is 0 Å². The van der Waals surface area contributed by atoms with Crippen molar-refractivity contribution in [2.45, 2.75) is 25.3 Å².